The molecule has 0 bridgehead atoms. The first-order valence-corrected chi connectivity index (χ1v) is 6.08. The van der Waals surface area contributed by atoms with Crippen molar-refractivity contribution in [3.05, 3.63) is 0 Å². The van der Waals surface area contributed by atoms with E-state index in [0.29, 0.717) is 17.4 Å². The molecule has 0 aromatic carbocycles. The van der Waals surface area contributed by atoms with E-state index in [4.69, 9.17) is 6.42 Å². The predicted octanol–water partition coefficient (Wildman–Crippen LogP) is 3.45. The highest BCUT2D eigenvalue weighted by atomic mass is 14.9. The normalized spacial score (nSPS) is 15.7. The van der Waals surface area contributed by atoms with Crippen molar-refractivity contribution in [2.75, 3.05) is 6.54 Å². The van der Waals surface area contributed by atoms with Gasteiger partial charge < -0.3 is 5.32 Å². The molecular weight excluding hydrogens is 182 g/mol. The van der Waals surface area contributed by atoms with E-state index in [1.807, 2.05) is 0 Å². The summed E-state index contributed by atoms with van der Waals surface area (Å²) in [6.07, 6.45) is 8.59. The Kier molecular flexibility index (Phi) is 6.68. The highest BCUT2D eigenvalue weighted by Crippen LogP contribution is 2.29. The second-order valence-electron chi connectivity index (χ2n) is 5.56. The first-order valence-electron chi connectivity index (χ1n) is 6.08. The smallest absolute Gasteiger partial charge is 0.0240 e. The summed E-state index contributed by atoms with van der Waals surface area (Å²) in [6.45, 7) is 12.5. The molecule has 0 spiro atoms. The molecule has 0 saturated carbocycles. The molecular formula is C14H27N. The Bertz CT molecular complexity index is 194. The van der Waals surface area contributed by atoms with Gasteiger partial charge in [-0.1, -0.05) is 34.6 Å². The summed E-state index contributed by atoms with van der Waals surface area (Å²) in [5.41, 5.74) is 0.376. The Balaban J connectivity index is 4.10. The molecule has 0 aliphatic carbocycles. The van der Waals surface area contributed by atoms with Gasteiger partial charge in [0.15, 0.2) is 0 Å². The van der Waals surface area contributed by atoms with E-state index in [9.17, 15) is 0 Å². The van der Waals surface area contributed by atoms with Gasteiger partial charge in [0.2, 0.25) is 0 Å². The molecule has 1 nitrogen and oxygen atoms in total. The number of hydrogen-bond donors (Lipinski definition) is 1. The van der Waals surface area contributed by atoms with Gasteiger partial charge in [0.25, 0.3) is 0 Å². The number of rotatable bonds is 6. The lowest BCUT2D eigenvalue weighted by Gasteiger charge is -2.30. The Hall–Kier alpha value is -0.480. The minimum atomic E-state index is 0.376. The molecule has 0 radical (unpaired) electrons. The van der Waals surface area contributed by atoms with Gasteiger partial charge in [-0.15, -0.1) is 12.3 Å². The molecule has 0 rings (SSSR count). The molecule has 1 N–H and O–H groups in total. The van der Waals surface area contributed by atoms with Crippen molar-refractivity contribution in [2.24, 2.45) is 11.3 Å². The fourth-order valence-corrected chi connectivity index (χ4v) is 1.51. The highest BCUT2D eigenvalue weighted by Gasteiger charge is 2.22. The summed E-state index contributed by atoms with van der Waals surface area (Å²) in [7, 11) is 0. The van der Waals surface area contributed by atoms with E-state index in [2.05, 4.69) is 45.9 Å². The summed E-state index contributed by atoms with van der Waals surface area (Å²) in [5.74, 6) is 3.47. The lowest BCUT2D eigenvalue weighted by atomic mass is 9.78. The summed E-state index contributed by atoms with van der Waals surface area (Å²) in [6, 6.07) is 0.490. The average molecular weight is 209 g/mol. The van der Waals surface area contributed by atoms with E-state index in [-0.39, 0.29) is 0 Å². The number of hydrogen-bond acceptors (Lipinski definition) is 1. The Morgan fingerprint density at radius 3 is 2.33 bits per heavy atom. The predicted molar refractivity (Wildman–Crippen MR) is 68.8 cm³/mol. The second-order valence-corrected chi connectivity index (χ2v) is 5.56. The van der Waals surface area contributed by atoms with Crippen molar-refractivity contribution in [1.29, 1.82) is 0 Å². The quantitative estimate of drug-likeness (QED) is 0.661. The van der Waals surface area contributed by atoms with Crippen LogP contribution in [0.25, 0.3) is 0 Å². The lowest BCUT2D eigenvalue weighted by Crippen LogP contribution is -2.33. The maximum absolute atomic E-state index is 5.40. The molecule has 2 unspecified atom stereocenters. The van der Waals surface area contributed by atoms with Gasteiger partial charge in [-0.2, -0.15) is 0 Å². The Morgan fingerprint density at radius 1 is 1.33 bits per heavy atom. The molecule has 0 aliphatic heterocycles. The topological polar surface area (TPSA) is 12.0 Å². The van der Waals surface area contributed by atoms with Crippen LogP contribution in [0.2, 0.25) is 0 Å². The van der Waals surface area contributed by atoms with Crippen molar-refractivity contribution in [1.82, 2.24) is 5.32 Å². The van der Waals surface area contributed by atoms with Crippen LogP contribution in [0.15, 0.2) is 0 Å². The van der Waals surface area contributed by atoms with Crippen molar-refractivity contribution >= 4 is 0 Å². The zero-order valence-electron chi connectivity index (χ0n) is 11.1. The lowest BCUT2D eigenvalue weighted by molar-refractivity contribution is 0.223. The van der Waals surface area contributed by atoms with E-state index in [1.54, 1.807) is 0 Å². The third kappa shape index (κ3) is 6.57. The van der Waals surface area contributed by atoms with Gasteiger partial charge in [0, 0.05) is 12.5 Å². The minimum absolute atomic E-state index is 0.376. The molecule has 2 atom stereocenters. The van der Waals surface area contributed by atoms with Gasteiger partial charge in [-0.3, -0.25) is 0 Å². The van der Waals surface area contributed by atoms with E-state index in [0.717, 1.165) is 13.0 Å². The Labute approximate surface area is 96.0 Å². The van der Waals surface area contributed by atoms with Crippen LogP contribution in [0.5, 0.6) is 0 Å². The Morgan fingerprint density at radius 2 is 1.93 bits per heavy atom. The number of nitrogens with one attached hydrogen (secondary N) is 1. The minimum Gasteiger partial charge on any atom is -0.313 e. The fraction of sp³-hybridized carbons (Fsp3) is 0.857. The SMILES string of the molecule is C#CCC(CC(C)C(C)(C)C)NCCC. The van der Waals surface area contributed by atoms with Crippen LogP contribution in [-0.2, 0) is 0 Å². The third-order valence-electron chi connectivity index (χ3n) is 3.16. The molecule has 0 saturated heterocycles. The molecule has 0 aromatic heterocycles. The summed E-state index contributed by atoms with van der Waals surface area (Å²) in [5, 5.41) is 3.53. The largest absolute Gasteiger partial charge is 0.313 e. The van der Waals surface area contributed by atoms with Gasteiger partial charge in [0.05, 0.1) is 0 Å². The molecule has 0 fully saturated rings. The fourth-order valence-electron chi connectivity index (χ4n) is 1.51. The molecule has 88 valence electrons. The number of terminal acetylenes is 1. The molecule has 1 heteroatoms. The van der Waals surface area contributed by atoms with Crippen LogP contribution in [0.3, 0.4) is 0 Å². The first-order chi connectivity index (χ1) is 6.91. The van der Waals surface area contributed by atoms with Gasteiger partial charge in [-0.25, -0.2) is 0 Å². The van der Waals surface area contributed by atoms with Gasteiger partial charge in [-0.05, 0) is 30.7 Å². The monoisotopic (exact) mass is 209 g/mol. The van der Waals surface area contributed by atoms with E-state index >= 15 is 0 Å². The van der Waals surface area contributed by atoms with Crippen LogP contribution in [0, 0.1) is 23.7 Å². The van der Waals surface area contributed by atoms with Crippen molar-refractivity contribution in [2.45, 2.75) is 59.9 Å². The van der Waals surface area contributed by atoms with Crippen LogP contribution in [-0.4, -0.2) is 12.6 Å². The zero-order chi connectivity index (χ0) is 11.9. The maximum atomic E-state index is 5.40. The molecule has 0 aliphatic rings. The molecule has 0 aromatic rings. The van der Waals surface area contributed by atoms with Gasteiger partial charge in [0.1, 0.15) is 0 Å². The molecule has 15 heavy (non-hydrogen) atoms. The first kappa shape index (κ1) is 14.5. The maximum Gasteiger partial charge on any atom is 0.0240 e. The van der Waals surface area contributed by atoms with Gasteiger partial charge >= 0.3 is 0 Å². The van der Waals surface area contributed by atoms with E-state index < -0.39 is 0 Å². The summed E-state index contributed by atoms with van der Waals surface area (Å²) in [4.78, 5) is 0. The summed E-state index contributed by atoms with van der Waals surface area (Å²) < 4.78 is 0. The van der Waals surface area contributed by atoms with Crippen molar-refractivity contribution in [3.63, 3.8) is 0 Å². The highest BCUT2D eigenvalue weighted by molar-refractivity contribution is 4.91. The second kappa shape index (κ2) is 6.90. The van der Waals surface area contributed by atoms with E-state index in [1.165, 1.54) is 12.8 Å². The van der Waals surface area contributed by atoms with Crippen molar-refractivity contribution in [3.8, 4) is 12.3 Å². The standard InChI is InChI=1S/C14H27N/c1-7-9-13(15-10-8-2)11-12(3)14(4,5)6/h1,12-13,15H,8-11H2,2-6H3. The molecule has 0 amide bonds. The van der Waals surface area contributed by atoms with Crippen LogP contribution >= 0.6 is 0 Å². The summed E-state index contributed by atoms with van der Waals surface area (Å²) >= 11 is 0. The van der Waals surface area contributed by atoms with Crippen LogP contribution in [0.4, 0.5) is 0 Å². The average Bonchev–Trinajstić information content (AvgIpc) is 2.13. The zero-order valence-corrected chi connectivity index (χ0v) is 11.1. The van der Waals surface area contributed by atoms with Crippen LogP contribution in [0.1, 0.15) is 53.9 Å². The van der Waals surface area contributed by atoms with Crippen LogP contribution < -0.4 is 5.32 Å². The van der Waals surface area contributed by atoms with Crippen molar-refractivity contribution < 1.29 is 0 Å². The third-order valence-corrected chi connectivity index (χ3v) is 3.16. The molecule has 0 heterocycles.